The van der Waals surface area contributed by atoms with Crippen LogP contribution in [0.15, 0.2) is 66.0 Å². The molecule has 1 atom stereocenters. The third-order valence-electron chi connectivity index (χ3n) is 6.69. The van der Waals surface area contributed by atoms with Gasteiger partial charge in [0.15, 0.2) is 11.5 Å². The molecular weight excluding hydrogens is 472 g/mol. The maximum Gasteiger partial charge on any atom is 0.228 e. The molecule has 0 radical (unpaired) electrons. The first kappa shape index (κ1) is 22.5. The average molecular weight is 499 g/mol. The molecule has 5 aromatic rings. The molecule has 0 bridgehead atoms. The van der Waals surface area contributed by atoms with Crippen LogP contribution in [0.1, 0.15) is 11.8 Å². The van der Waals surface area contributed by atoms with Crippen molar-refractivity contribution >= 4 is 39.7 Å². The second kappa shape index (κ2) is 9.23. The first-order valence-electron chi connectivity index (χ1n) is 12.0. The lowest BCUT2D eigenvalue weighted by atomic mass is 10.1. The van der Waals surface area contributed by atoms with Gasteiger partial charge in [-0.15, -0.1) is 21.5 Å². The minimum absolute atomic E-state index is 0.0475. The fraction of sp³-hybridized carbons (Fsp3) is 0.259. The highest BCUT2D eigenvalue weighted by Crippen LogP contribution is 2.31. The molecule has 0 unspecified atom stereocenters. The van der Waals surface area contributed by atoms with Crippen LogP contribution in [0.25, 0.3) is 27.9 Å². The number of carbonyl (C=O) groups is 1. The van der Waals surface area contributed by atoms with E-state index in [4.69, 9.17) is 9.72 Å². The molecule has 1 amide bonds. The number of hydrogen-bond acceptors (Lipinski definition) is 7. The SMILES string of the molecule is COc1cccc(-c2nnc3c4ccccc4nc(N4CCN(C(=O)Cc5cccs5)[C@H](C)C4)n23)c1. The van der Waals surface area contributed by atoms with Gasteiger partial charge < -0.3 is 14.5 Å². The van der Waals surface area contributed by atoms with Crippen LogP contribution in [0.4, 0.5) is 5.95 Å². The van der Waals surface area contributed by atoms with Gasteiger partial charge in [-0.3, -0.25) is 4.79 Å². The monoisotopic (exact) mass is 498 g/mol. The number of thiophene rings is 1. The smallest absolute Gasteiger partial charge is 0.228 e. The van der Waals surface area contributed by atoms with E-state index in [-0.39, 0.29) is 11.9 Å². The maximum atomic E-state index is 13.0. The lowest BCUT2D eigenvalue weighted by Gasteiger charge is -2.40. The third kappa shape index (κ3) is 3.95. The van der Waals surface area contributed by atoms with Gasteiger partial charge in [0, 0.05) is 41.5 Å². The number of hydrogen-bond donors (Lipinski definition) is 0. The van der Waals surface area contributed by atoms with E-state index in [1.165, 1.54) is 0 Å². The van der Waals surface area contributed by atoms with Crippen molar-refractivity contribution in [1.82, 2.24) is 24.5 Å². The number of anilines is 1. The molecule has 1 saturated heterocycles. The third-order valence-corrected chi connectivity index (χ3v) is 7.57. The van der Waals surface area contributed by atoms with Crippen molar-refractivity contribution in [3.05, 3.63) is 70.9 Å². The largest absolute Gasteiger partial charge is 0.497 e. The van der Waals surface area contributed by atoms with Gasteiger partial charge in [-0.25, -0.2) is 9.38 Å². The van der Waals surface area contributed by atoms with E-state index in [2.05, 4.69) is 22.0 Å². The Kier molecular flexibility index (Phi) is 5.77. The first-order chi connectivity index (χ1) is 17.6. The zero-order valence-electron chi connectivity index (χ0n) is 20.2. The fourth-order valence-corrected chi connectivity index (χ4v) is 5.60. The summed E-state index contributed by atoms with van der Waals surface area (Å²) in [6.07, 6.45) is 0.450. The number of piperazine rings is 1. The molecule has 8 nitrogen and oxygen atoms in total. The Morgan fingerprint density at radius 3 is 2.78 bits per heavy atom. The summed E-state index contributed by atoms with van der Waals surface area (Å²) < 4.78 is 7.48. The molecule has 1 aliphatic rings. The Labute approximate surface area is 212 Å². The van der Waals surface area contributed by atoms with Crippen LogP contribution in [-0.2, 0) is 11.2 Å². The second-order valence-electron chi connectivity index (χ2n) is 8.98. The Morgan fingerprint density at radius 1 is 1.08 bits per heavy atom. The number of aromatic nitrogens is 4. The molecule has 9 heteroatoms. The molecule has 0 spiro atoms. The van der Waals surface area contributed by atoms with Crippen LogP contribution in [0.2, 0.25) is 0 Å². The van der Waals surface area contributed by atoms with Crippen LogP contribution >= 0.6 is 11.3 Å². The van der Waals surface area contributed by atoms with Gasteiger partial charge >= 0.3 is 0 Å². The number of ether oxygens (including phenoxy) is 1. The number of benzene rings is 2. The number of amides is 1. The Balaban J connectivity index is 1.39. The highest BCUT2D eigenvalue weighted by molar-refractivity contribution is 7.10. The van der Waals surface area contributed by atoms with Gasteiger partial charge in [-0.2, -0.15) is 0 Å². The average Bonchev–Trinajstić information content (AvgIpc) is 3.58. The molecule has 2 aromatic carbocycles. The van der Waals surface area contributed by atoms with E-state index in [0.717, 1.165) is 38.7 Å². The number of carbonyl (C=O) groups excluding carboxylic acids is 1. The van der Waals surface area contributed by atoms with Gasteiger partial charge in [0.05, 0.1) is 19.0 Å². The summed E-state index contributed by atoms with van der Waals surface area (Å²) in [5, 5.41) is 12.1. The van der Waals surface area contributed by atoms with Crippen molar-refractivity contribution in [2.24, 2.45) is 0 Å². The van der Waals surface area contributed by atoms with Crippen LogP contribution in [0, 0.1) is 0 Å². The van der Waals surface area contributed by atoms with Gasteiger partial charge in [-0.1, -0.05) is 30.3 Å². The summed E-state index contributed by atoms with van der Waals surface area (Å²) in [4.78, 5) is 23.4. The van der Waals surface area contributed by atoms with Crippen LogP contribution in [0.3, 0.4) is 0 Å². The summed E-state index contributed by atoms with van der Waals surface area (Å²) in [6, 6.07) is 19.9. The first-order valence-corrected chi connectivity index (χ1v) is 12.9. The maximum absolute atomic E-state index is 13.0. The van der Waals surface area contributed by atoms with Crippen LogP contribution < -0.4 is 9.64 Å². The molecule has 6 rings (SSSR count). The molecule has 3 aromatic heterocycles. The number of nitrogens with zero attached hydrogens (tertiary/aromatic N) is 6. The zero-order valence-corrected chi connectivity index (χ0v) is 21.0. The molecule has 0 aliphatic carbocycles. The van der Waals surface area contributed by atoms with Crippen LogP contribution in [-0.4, -0.2) is 63.2 Å². The van der Waals surface area contributed by atoms with Crippen LogP contribution in [0.5, 0.6) is 5.75 Å². The molecule has 0 N–H and O–H groups in total. The van der Waals surface area contributed by atoms with Crippen molar-refractivity contribution in [2.75, 3.05) is 31.6 Å². The summed E-state index contributed by atoms with van der Waals surface area (Å²) in [5.74, 6) is 2.42. The predicted octanol–water partition coefficient (Wildman–Crippen LogP) is 4.29. The van der Waals surface area contributed by atoms with Crippen molar-refractivity contribution in [2.45, 2.75) is 19.4 Å². The molecule has 0 saturated carbocycles. The topological polar surface area (TPSA) is 75.9 Å². The zero-order chi connectivity index (χ0) is 24.6. The van der Waals surface area contributed by atoms with Crippen molar-refractivity contribution in [3.8, 4) is 17.1 Å². The second-order valence-corrected chi connectivity index (χ2v) is 10.0. The van der Waals surface area contributed by atoms with Crippen molar-refractivity contribution in [1.29, 1.82) is 0 Å². The Morgan fingerprint density at radius 2 is 1.97 bits per heavy atom. The molecule has 1 aliphatic heterocycles. The van der Waals surface area contributed by atoms with Gasteiger partial charge in [0.25, 0.3) is 0 Å². The van der Waals surface area contributed by atoms with E-state index in [9.17, 15) is 4.79 Å². The molecule has 36 heavy (non-hydrogen) atoms. The quantitative estimate of drug-likeness (QED) is 0.360. The molecular formula is C27H26N6O2S. The minimum atomic E-state index is 0.0475. The Hall–Kier alpha value is -3.98. The molecule has 4 heterocycles. The normalized spacial score (nSPS) is 16.1. The highest BCUT2D eigenvalue weighted by Gasteiger charge is 2.30. The summed E-state index contributed by atoms with van der Waals surface area (Å²) in [7, 11) is 1.65. The molecule has 182 valence electrons. The standard InChI is InChI=1S/C27H26N6O2S/c1-18-17-31(12-13-32(18)24(34)16-21-9-6-14-36-21)27-28-23-11-4-3-10-22(23)26-30-29-25(33(26)27)19-7-5-8-20(15-19)35-2/h3-11,14-15,18H,12-13,16-17H2,1-2H3/t18-/m1/s1. The summed E-state index contributed by atoms with van der Waals surface area (Å²) >= 11 is 1.63. The van der Waals surface area contributed by atoms with E-state index >= 15 is 0 Å². The van der Waals surface area contributed by atoms with E-state index in [1.54, 1.807) is 18.4 Å². The van der Waals surface area contributed by atoms with E-state index < -0.39 is 0 Å². The van der Waals surface area contributed by atoms with E-state index in [1.807, 2.05) is 75.3 Å². The Bertz CT molecular complexity index is 1550. The van der Waals surface area contributed by atoms with E-state index in [0.29, 0.717) is 31.9 Å². The number of fused-ring (bicyclic) bond motifs is 3. The lowest BCUT2D eigenvalue weighted by Crippen LogP contribution is -2.55. The van der Waals surface area contributed by atoms with Gasteiger partial charge in [-0.05, 0) is 42.6 Å². The number of para-hydroxylation sites is 1. The van der Waals surface area contributed by atoms with Crippen molar-refractivity contribution < 1.29 is 9.53 Å². The highest BCUT2D eigenvalue weighted by atomic mass is 32.1. The van der Waals surface area contributed by atoms with Gasteiger partial charge in [0.2, 0.25) is 11.9 Å². The number of methoxy groups -OCH3 is 1. The van der Waals surface area contributed by atoms with Crippen molar-refractivity contribution in [3.63, 3.8) is 0 Å². The minimum Gasteiger partial charge on any atom is -0.497 e. The fourth-order valence-electron chi connectivity index (χ4n) is 4.90. The lowest BCUT2D eigenvalue weighted by molar-refractivity contribution is -0.132. The molecule has 1 fully saturated rings. The number of rotatable bonds is 5. The summed E-state index contributed by atoms with van der Waals surface area (Å²) in [5.41, 5.74) is 2.53. The van der Waals surface area contributed by atoms with Gasteiger partial charge in [0.1, 0.15) is 5.75 Å². The predicted molar refractivity (Wildman–Crippen MR) is 142 cm³/mol. The summed E-state index contributed by atoms with van der Waals surface area (Å²) in [6.45, 7) is 4.09.